The number of hydrogen-bond donors (Lipinski definition) is 0. The number of amides is 1. The lowest BCUT2D eigenvalue weighted by Crippen LogP contribution is -2.51. The van der Waals surface area contributed by atoms with Crippen LogP contribution in [0.2, 0.25) is 0 Å². The van der Waals surface area contributed by atoms with Crippen LogP contribution in [-0.2, 0) is 11.3 Å². The predicted octanol–water partition coefficient (Wildman–Crippen LogP) is 5.53. The van der Waals surface area contributed by atoms with Crippen molar-refractivity contribution in [2.45, 2.75) is 30.3 Å². The fourth-order valence-electron chi connectivity index (χ4n) is 5.39. The lowest BCUT2D eigenvalue weighted by molar-refractivity contribution is -0.130. The van der Waals surface area contributed by atoms with Gasteiger partial charge in [-0.1, -0.05) is 43.0 Å². The van der Waals surface area contributed by atoms with Gasteiger partial charge in [0, 0.05) is 38.1 Å². The SMILES string of the molecule is CCC(Sc1nnc2c3cc(F)ccc3n(Cc3ccc(F)cc3)c2n1)C(=O)N1CCN(c2ccccc2OC)CC1. The van der Waals surface area contributed by atoms with Crippen LogP contribution < -0.4 is 9.64 Å². The third-order valence-electron chi connectivity index (χ3n) is 7.57. The summed E-state index contributed by atoms with van der Waals surface area (Å²) in [5.41, 5.74) is 3.64. The van der Waals surface area contributed by atoms with Crippen LogP contribution in [0.15, 0.2) is 71.9 Å². The average molecular weight is 589 g/mol. The highest BCUT2D eigenvalue weighted by Crippen LogP contribution is 2.32. The number of fused-ring (bicyclic) bond motifs is 3. The Morgan fingerprint density at radius 1 is 0.976 bits per heavy atom. The van der Waals surface area contributed by atoms with Gasteiger partial charge in [0.1, 0.15) is 22.9 Å². The summed E-state index contributed by atoms with van der Waals surface area (Å²) >= 11 is 1.29. The number of para-hydroxylation sites is 2. The highest BCUT2D eigenvalue weighted by Gasteiger charge is 2.29. The minimum absolute atomic E-state index is 0.0415. The van der Waals surface area contributed by atoms with Gasteiger partial charge < -0.3 is 19.1 Å². The third-order valence-corrected chi connectivity index (χ3v) is 8.78. The number of carbonyl (C=O) groups excluding carboxylic acids is 1. The van der Waals surface area contributed by atoms with Gasteiger partial charge in [-0.05, 0) is 54.4 Å². The van der Waals surface area contributed by atoms with Gasteiger partial charge in [-0.2, -0.15) is 0 Å². The first-order valence-electron chi connectivity index (χ1n) is 13.8. The van der Waals surface area contributed by atoms with Crippen molar-refractivity contribution < 1.29 is 18.3 Å². The summed E-state index contributed by atoms with van der Waals surface area (Å²) in [6.45, 7) is 4.98. The van der Waals surface area contributed by atoms with E-state index in [0.717, 1.165) is 22.5 Å². The van der Waals surface area contributed by atoms with Crippen molar-refractivity contribution in [1.29, 1.82) is 0 Å². The molecule has 216 valence electrons. The van der Waals surface area contributed by atoms with Crippen LogP contribution in [0.25, 0.3) is 22.1 Å². The van der Waals surface area contributed by atoms with Gasteiger partial charge in [-0.15, -0.1) is 10.2 Å². The number of aromatic nitrogens is 4. The number of ether oxygens (including phenoxy) is 1. The monoisotopic (exact) mass is 588 g/mol. The highest BCUT2D eigenvalue weighted by atomic mass is 32.2. The van der Waals surface area contributed by atoms with Gasteiger partial charge in [-0.3, -0.25) is 4.79 Å². The number of methoxy groups -OCH3 is 1. The molecule has 0 saturated carbocycles. The summed E-state index contributed by atoms with van der Waals surface area (Å²) in [5, 5.41) is 9.34. The molecule has 3 aromatic carbocycles. The summed E-state index contributed by atoms with van der Waals surface area (Å²) in [5.74, 6) is 0.159. The molecule has 1 fully saturated rings. The zero-order valence-electron chi connectivity index (χ0n) is 23.3. The zero-order chi connectivity index (χ0) is 29.2. The van der Waals surface area contributed by atoms with E-state index < -0.39 is 0 Å². The molecule has 8 nitrogen and oxygen atoms in total. The second-order valence-corrected chi connectivity index (χ2v) is 11.3. The Labute approximate surface area is 246 Å². The molecule has 6 rings (SSSR count). The van der Waals surface area contributed by atoms with Crippen LogP contribution in [0, 0.1) is 11.6 Å². The quantitative estimate of drug-likeness (QED) is 0.221. The number of halogens is 2. The molecule has 1 atom stereocenters. The number of carbonyl (C=O) groups is 1. The topological polar surface area (TPSA) is 76.4 Å². The van der Waals surface area contributed by atoms with Gasteiger partial charge in [0.05, 0.1) is 23.6 Å². The normalized spacial score (nSPS) is 14.5. The van der Waals surface area contributed by atoms with Crippen molar-refractivity contribution in [1.82, 2.24) is 24.6 Å². The van der Waals surface area contributed by atoms with E-state index >= 15 is 0 Å². The molecular formula is C31H30F2N6O2S. The zero-order valence-corrected chi connectivity index (χ0v) is 24.2. The van der Waals surface area contributed by atoms with Gasteiger partial charge in [0.15, 0.2) is 5.65 Å². The molecule has 42 heavy (non-hydrogen) atoms. The standard InChI is InChI=1S/C31H30F2N6O2S/c1-3-27(30(40)38-16-14-37(15-17-38)25-6-4-5-7-26(25)41-2)42-31-34-29-28(35-36-31)23-18-22(33)12-13-24(23)39(29)19-20-8-10-21(32)11-9-20/h4-13,18,27H,3,14-17,19H2,1-2H3. The summed E-state index contributed by atoms with van der Waals surface area (Å²) in [6.07, 6.45) is 0.599. The second kappa shape index (κ2) is 11.9. The maximum absolute atomic E-state index is 14.2. The number of thioether (sulfide) groups is 1. The Kier molecular flexibility index (Phi) is 7.92. The van der Waals surface area contributed by atoms with Crippen molar-refractivity contribution >= 4 is 45.4 Å². The summed E-state index contributed by atoms with van der Waals surface area (Å²) in [4.78, 5) is 22.5. The van der Waals surface area contributed by atoms with Crippen molar-refractivity contribution in [2.24, 2.45) is 0 Å². The molecule has 0 radical (unpaired) electrons. The molecule has 1 amide bonds. The fraction of sp³-hybridized carbons (Fsp3) is 0.290. The molecular weight excluding hydrogens is 558 g/mol. The molecule has 1 aliphatic heterocycles. The largest absolute Gasteiger partial charge is 0.495 e. The van der Waals surface area contributed by atoms with E-state index in [0.29, 0.717) is 60.9 Å². The molecule has 3 heterocycles. The van der Waals surface area contributed by atoms with Gasteiger partial charge in [0.2, 0.25) is 11.1 Å². The third kappa shape index (κ3) is 5.48. The highest BCUT2D eigenvalue weighted by molar-refractivity contribution is 8.00. The van der Waals surface area contributed by atoms with Gasteiger partial charge >= 0.3 is 0 Å². The molecule has 2 aromatic heterocycles. The lowest BCUT2D eigenvalue weighted by Gasteiger charge is -2.37. The number of piperazine rings is 1. The van der Waals surface area contributed by atoms with E-state index in [2.05, 4.69) is 15.1 Å². The molecule has 1 saturated heterocycles. The van der Waals surface area contributed by atoms with Crippen LogP contribution in [0.1, 0.15) is 18.9 Å². The number of hydrogen-bond acceptors (Lipinski definition) is 7. The Balaban J connectivity index is 1.23. The Hall–Kier alpha value is -4.25. The fourth-order valence-corrected chi connectivity index (χ4v) is 6.29. The molecule has 11 heteroatoms. The van der Waals surface area contributed by atoms with Crippen molar-refractivity contribution in [3.8, 4) is 5.75 Å². The van der Waals surface area contributed by atoms with E-state index in [1.807, 2.05) is 40.7 Å². The number of rotatable bonds is 8. The number of anilines is 1. The van der Waals surface area contributed by atoms with Gasteiger partial charge in [0.25, 0.3) is 0 Å². The molecule has 1 unspecified atom stereocenters. The predicted molar refractivity (Wildman–Crippen MR) is 160 cm³/mol. The maximum Gasteiger partial charge on any atom is 0.236 e. The first-order valence-corrected chi connectivity index (χ1v) is 14.7. The summed E-state index contributed by atoms with van der Waals surface area (Å²) in [6, 6.07) is 18.6. The van der Waals surface area contributed by atoms with E-state index in [4.69, 9.17) is 9.72 Å². The summed E-state index contributed by atoms with van der Waals surface area (Å²) in [7, 11) is 1.66. The molecule has 0 spiro atoms. The number of nitrogens with zero attached hydrogens (tertiary/aromatic N) is 6. The van der Waals surface area contributed by atoms with Crippen LogP contribution in [0.4, 0.5) is 14.5 Å². The molecule has 0 aliphatic carbocycles. The van der Waals surface area contributed by atoms with Crippen molar-refractivity contribution in [3.63, 3.8) is 0 Å². The minimum atomic E-state index is -0.383. The Morgan fingerprint density at radius 3 is 2.45 bits per heavy atom. The van der Waals surface area contributed by atoms with E-state index in [1.54, 1.807) is 25.3 Å². The smallest absolute Gasteiger partial charge is 0.236 e. The molecule has 5 aromatic rings. The number of benzene rings is 3. The average Bonchev–Trinajstić information content (AvgIpc) is 3.32. The Bertz CT molecular complexity index is 1740. The van der Waals surface area contributed by atoms with Gasteiger partial charge in [-0.25, -0.2) is 13.8 Å². The van der Waals surface area contributed by atoms with E-state index in [-0.39, 0.29) is 22.8 Å². The molecule has 0 N–H and O–H groups in total. The first-order chi connectivity index (χ1) is 20.4. The van der Waals surface area contributed by atoms with Crippen molar-refractivity contribution in [3.05, 3.63) is 83.9 Å². The van der Waals surface area contributed by atoms with Crippen LogP contribution in [0.5, 0.6) is 5.75 Å². The van der Waals surface area contributed by atoms with Crippen molar-refractivity contribution in [2.75, 3.05) is 38.2 Å². The van der Waals surface area contributed by atoms with E-state index in [1.165, 1.54) is 36.0 Å². The Morgan fingerprint density at radius 2 is 1.71 bits per heavy atom. The second-order valence-electron chi connectivity index (χ2n) is 10.1. The van der Waals surface area contributed by atoms with E-state index in [9.17, 15) is 13.6 Å². The molecule has 1 aliphatic rings. The minimum Gasteiger partial charge on any atom is -0.495 e. The van der Waals surface area contributed by atoms with Crippen LogP contribution in [-0.4, -0.2) is 69.1 Å². The maximum atomic E-state index is 14.2. The van der Waals surface area contributed by atoms with Crippen LogP contribution >= 0.6 is 11.8 Å². The van der Waals surface area contributed by atoms with Crippen LogP contribution in [0.3, 0.4) is 0 Å². The lowest BCUT2D eigenvalue weighted by atomic mass is 10.2. The first kappa shape index (κ1) is 27.9. The molecule has 0 bridgehead atoms. The summed E-state index contributed by atoms with van der Waals surface area (Å²) < 4.78 is 35.2.